The number of allylic oxidation sites excluding steroid dienone is 2. The first-order chi connectivity index (χ1) is 5.77. The van der Waals surface area contributed by atoms with Crippen LogP contribution in [0.1, 0.15) is 6.42 Å². The van der Waals surface area contributed by atoms with Crippen LogP contribution in [-0.2, 0) is 0 Å². The van der Waals surface area contributed by atoms with Gasteiger partial charge in [-0.25, -0.2) is 0 Å². The molecule has 0 amide bonds. The Morgan fingerprint density at radius 2 is 2.33 bits per heavy atom. The van der Waals surface area contributed by atoms with Gasteiger partial charge >= 0.3 is 0 Å². The van der Waals surface area contributed by atoms with Gasteiger partial charge in [-0.2, -0.15) is 0 Å². The van der Waals surface area contributed by atoms with Crippen LogP contribution < -0.4 is 5.32 Å². The first-order valence-electron chi connectivity index (χ1n) is 4.02. The summed E-state index contributed by atoms with van der Waals surface area (Å²) < 4.78 is 0. The average molecular weight is 165 g/mol. The molecule has 0 radical (unpaired) electrons. The molecule has 0 aliphatic carbocycles. The summed E-state index contributed by atoms with van der Waals surface area (Å²) in [5.41, 5.74) is 2.18. The van der Waals surface area contributed by atoms with E-state index in [4.69, 9.17) is 0 Å². The van der Waals surface area contributed by atoms with E-state index in [-0.39, 0.29) is 0 Å². The van der Waals surface area contributed by atoms with Crippen LogP contribution in [0.4, 0.5) is 0 Å². The van der Waals surface area contributed by atoms with Crippen LogP contribution in [0, 0.1) is 0 Å². The van der Waals surface area contributed by atoms with Crippen molar-refractivity contribution in [2.45, 2.75) is 6.42 Å². The maximum atomic E-state index is 4.20. The highest BCUT2D eigenvalue weighted by Crippen LogP contribution is 2.06. The monoisotopic (exact) mass is 165 g/mol. The predicted octanol–water partition coefficient (Wildman–Crippen LogP) is 0.967. The first kappa shape index (κ1) is 8.84. The summed E-state index contributed by atoms with van der Waals surface area (Å²) in [6.45, 7) is 0. The van der Waals surface area contributed by atoms with Crippen LogP contribution in [0.3, 0.4) is 0 Å². The van der Waals surface area contributed by atoms with E-state index in [0.29, 0.717) is 0 Å². The molecule has 0 aromatic carbocycles. The van der Waals surface area contributed by atoms with Gasteiger partial charge in [0.15, 0.2) is 0 Å². The van der Waals surface area contributed by atoms with Gasteiger partial charge in [-0.3, -0.25) is 4.99 Å². The Balaban J connectivity index is 2.91. The third-order valence-electron chi connectivity index (χ3n) is 1.83. The van der Waals surface area contributed by atoms with Crippen molar-refractivity contribution in [3.63, 3.8) is 0 Å². The predicted molar refractivity (Wildman–Crippen MR) is 52.0 cm³/mol. The Morgan fingerprint density at radius 3 is 2.92 bits per heavy atom. The minimum Gasteiger partial charge on any atom is -0.385 e. The molecule has 0 aromatic rings. The second-order valence-corrected chi connectivity index (χ2v) is 2.72. The van der Waals surface area contributed by atoms with Crippen molar-refractivity contribution in [3.8, 4) is 0 Å². The van der Waals surface area contributed by atoms with Crippen molar-refractivity contribution in [2.75, 3.05) is 21.1 Å². The SMILES string of the molecule is CN=C1CC=CN(C)C=C1NC. The molecule has 3 heteroatoms. The van der Waals surface area contributed by atoms with E-state index in [2.05, 4.69) is 16.4 Å². The summed E-state index contributed by atoms with van der Waals surface area (Å²) in [4.78, 5) is 6.22. The lowest BCUT2D eigenvalue weighted by molar-refractivity contribution is 0.618. The van der Waals surface area contributed by atoms with Crippen molar-refractivity contribution in [2.24, 2.45) is 4.99 Å². The maximum absolute atomic E-state index is 4.20. The molecule has 0 atom stereocenters. The van der Waals surface area contributed by atoms with Crippen LogP contribution in [0.5, 0.6) is 0 Å². The minimum atomic E-state index is 0.896. The van der Waals surface area contributed by atoms with Gasteiger partial charge in [0, 0.05) is 33.8 Å². The molecule has 0 aromatic heterocycles. The van der Waals surface area contributed by atoms with Crippen LogP contribution in [0.15, 0.2) is 29.2 Å². The summed E-state index contributed by atoms with van der Waals surface area (Å²) in [6.07, 6.45) is 7.07. The van der Waals surface area contributed by atoms with Crippen LogP contribution >= 0.6 is 0 Å². The molecule has 0 spiro atoms. The van der Waals surface area contributed by atoms with Crippen molar-refractivity contribution in [1.82, 2.24) is 10.2 Å². The zero-order valence-corrected chi connectivity index (χ0v) is 7.83. The molecule has 12 heavy (non-hydrogen) atoms. The van der Waals surface area contributed by atoms with Gasteiger partial charge in [-0.1, -0.05) is 6.08 Å². The molecule has 1 aliphatic rings. The molecule has 1 N–H and O–H groups in total. The third-order valence-corrected chi connectivity index (χ3v) is 1.83. The molecule has 0 fully saturated rings. The Labute approximate surface area is 73.5 Å². The van der Waals surface area contributed by atoms with Crippen LogP contribution in [0.2, 0.25) is 0 Å². The second kappa shape index (κ2) is 3.95. The number of hydrogen-bond donors (Lipinski definition) is 1. The van der Waals surface area contributed by atoms with Crippen molar-refractivity contribution in [3.05, 3.63) is 24.2 Å². The largest absolute Gasteiger partial charge is 0.385 e. The molecular formula is C9H15N3. The molecule has 0 saturated carbocycles. The van der Waals surface area contributed by atoms with E-state index in [9.17, 15) is 0 Å². The highest BCUT2D eigenvalue weighted by atomic mass is 15.1. The molecule has 3 nitrogen and oxygen atoms in total. The van der Waals surface area contributed by atoms with Gasteiger partial charge in [-0.15, -0.1) is 0 Å². The summed E-state index contributed by atoms with van der Waals surface area (Å²) in [7, 11) is 5.74. The highest BCUT2D eigenvalue weighted by molar-refractivity contribution is 6.00. The van der Waals surface area contributed by atoms with E-state index >= 15 is 0 Å². The van der Waals surface area contributed by atoms with E-state index in [0.717, 1.165) is 17.8 Å². The molecule has 1 heterocycles. The van der Waals surface area contributed by atoms with E-state index in [1.54, 1.807) is 0 Å². The van der Waals surface area contributed by atoms with Gasteiger partial charge in [0.25, 0.3) is 0 Å². The lowest BCUT2D eigenvalue weighted by Crippen LogP contribution is -2.17. The molecule has 1 rings (SSSR count). The summed E-state index contributed by atoms with van der Waals surface area (Å²) in [5, 5.41) is 3.12. The standard InChI is InChI=1S/C9H15N3/c1-10-8-5-4-6-12(3)7-9(8)11-2/h4,6-7,11H,5H2,1-3H3. The fraction of sp³-hybridized carbons (Fsp3) is 0.444. The number of rotatable bonds is 1. The average Bonchev–Trinajstić information content (AvgIpc) is 2.26. The molecule has 0 saturated heterocycles. The third kappa shape index (κ3) is 1.87. The van der Waals surface area contributed by atoms with E-state index in [1.807, 2.05) is 38.4 Å². The van der Waals surface area contributed by atoms with Gasteiger partial charge in [-0.05, 0) is 6.20 Å². The quantitative estimate of drug-likeness (QED) is 0.627. The van der Waals surface area contributed by atoms with Gasteiger partial charge < -0.3 is 10.2 Å². The van der Waals surface area contributed by atoms with Gasteiger partial charge in [0.2, 0.25) is 0 Å². The van der Waals surface area contributed by atoms with Crippen molar-refractivity contribution < 1.29 is 0 Å². The second-order valence-electron chi connectivity index (χ2n) is 2.72. The van der Waals surface area contributed by atoms with Gasteiger partial charge in [0.1, 0.15) is 0 Å². The molecule has 0 unspecified atom stereocenters. The summed E-state index contributed by atoms with van der Waals surface area (Å²) >= 11 is 0. The molecule has 66 valence electrons. The Kier molecular flexibility index (Phi) is 2.91. The van der Waals surface area contributed by atoms with Crippen molar-refractivity contribution in [1.29, 1.82) is 0 Å². The topological polar surface area (TPSA) is 27.6 Å². The van der Waals surface area contributed by atoms with Crippen LogP contribution in [-0.4, -0.2) is 31.8 Å². The fourth-order valence-corrected chi connectivity index (χ4v) is 1.18. The highest BCUT2D eigenvalue weighted by Gasteiger charge is 2.06. The lowest BCUT2D eigenvalue weighted by Gasteiger charge is -2.09. The first-order valence-corrected chi connectivity index (χ1v) is 4.02. The number of hydrogen-bond acceptors (Lipinski definition) is 3. The summed E-state index contributed by atoms with van der Waals surface area (Å²) in [5.74, 6) is 0. The number of aliphatic imine (C=N–C) groups is 1. The Bertz CT molecular complexity index is 238. The smallest absolute Gasteiger partial charge is 0.0719 e. The van der Waals surface area contributed by atoms with E-state index < -0.39 is 0 Å². The minimum absolute atomic E-state index is 0.896. The fourth-order valence-electron chi connectivity index (χ4n) is 1.18. The zero-order chi connectivity index (χ0) is 8.97. The van der Waals surface area contributed by atoms with Crippen LogP contribution in [0.25, 0.3) is 0 Å². The normalized spacial score (nSPS) is 20.8. The molecule has 1 aliphatic heterocycles. The van der Waals surface area contributed by atoms with Crippen molar-refractivity contribution >= 4 is 5.71 Å². The number of nitrogens with one attached hydrogen (secondary N) is 1. The zero-order valence-electron chi connectivity index (χ0n) is 7.83. The summed E-state index contributed by atoms with van der Waals surface area (Å²) in [6, 6.07) is 0. The molecule has 0 bridgehead atoms. The maximum Gasteiger partial charge on any atom is 0.0719 e. The Hall–Kier alpha value is -1.25. The van der Waals surface area contributed by atoms with E-state index in [1.165, 1.54) is 0 Å². The lowest BCUT2D eigenvalue weighted by atomic mass is 10.2. The number of nitrogens with zero attached hydrogens (tertiary/aromatic N) is 2. The molecular weight excluding hydrogens is 150 g/mol. The Morgan fingerprint density at radius 1 is 1.58 bits per heavy atom. The van der Waals surface area contributed by atoms with Gasteiger partial charge in [0.05, 0.1) is 11.4 Å².